The molecular weight excluding hydrogens is 388 g/mol. The van der Waals surface area contributed by atoms with Crippen molar-refractivity contribution in [2.45, 2.75) is 76.7 Å². The van der Waals surface area contributed by atoms with Crippen molar-refractivity contribution >= 4 is 12.0 Å². The van der Waals surface area contributed by atoms with Gasteiger partial charge in [0.25, 0.3) is 0 Å². The summed E-state index contributed by atoms with van der Waals surface area (Å²) >= 11 is 0. The number of hydrogen-bond acceptors (Lipinski definition) is 8. The van der Waals surface area contributed by atoms with Gasteiger partial charge in [-0.05, 0) is 52.4 Å². The van der Waals surface area contributed by atoms with E-state index in [0.717, 1.165) is 25.7 Å². The molecule has 166 valence electrons. The van der Waals surface area contributed by atoms with Gasteiger partial charge in [-0.1, -0.05) is 0 Å². The van der Waals surface area contributed by atoms with Crippen molar-refractivity contribution in [1.82, 2.24) is 31.5 Å². The highest BCUT2D eigenvalue weighted by atomic mass is 16.6. The second kappa shape index (κ2) is 9.57. The van der Waals surface area contributed by atoms with Gasteiger partial charge >= 0.3 is 6.09 Å². The van der Waals surface area contributed by atoms with Crippen LogP contribution >= 0.6 is 0 Å². The van der Waals surface area contributed by atoms with E-state index < -0.39 is 0 Å². The van der Waals surface area contributed by atoms with Gasteiger partial charge in [-0.25, -0.2) is 15.2 Å². The van der Waals surface area contributed by atoms with Crippen LogP contribution in [0, 0.1) is 5.92 Å². The van der Waals surface area contributed by atoms with Crippen molar-refractivity contribution in [1.29, 1.82) is 0 Å². The SMILES string of the molecule is COc1cnc(CC(=O)NC2CC([C@H]3CC[C@@H](OC(=O)NC(C)(C)C)C3)NN2)cn1. The maximum Gasteiger partial charge on any atom is 0.407 e. The van der Waals surface area contributed by atoms with Gasteiger partial charge in [0.15, 0.2) is 0 Å². The first kappa shape index (κ1) is 22.2. The molecule has 3 rings (SSSR count). The molecule has 2 amide bonds. The van der Waals surface area contributed by atoms with Gasteiger partial charge < -0.3 is 20.1 Å². The number of carbonyl (C=O) groups excluding carboxylic acids is 2. The summed E-state index contributed by atoms with van der Waals surface area (Å²) in [6.07, 6.45) is 6.02. The van der Waals surface area contributed by atoms with Crippen LogP contribution in [0.3, 0.4) is 0 Å². The molecule has 2 unspecified atom stereocenters. The van der Waals surface area contributed by atoms with E-state index in [2.05, 4.69) is 31.5 Å². The summed E-state index contributed by atoms with van der Waals surface area (Å²) in [4.78, 5) is 32.5. The van der Waals surface area contributed by atoms with Crippen molar-refractivity contribution < 1.29 is 19.1 Å². The molecule has 10 heteroatoms. The monoisotopic (exact) mass is 420 g/mol. The molecule has 0 spiro atoms. The summed E-state index contributed by atoms with van der Waals surface area (Å²) < 4.78 is 10.5. The number of nitrogens with one attached hydrogen (secondary N) is 4. The molecule has 2 fully saturated rings. The minimum atomic E-state index is -0.363. The van der Waals surface area contributed by atoms with Crippen LogP contribution in [0.4, 0.5) is 4.79 Å². The Morgan fingerprint density at radius 3 is 2.63 bits per heavy atom. The molecule has 1 aliphatic heterocycles. The summed E-state index contributed by atoms with van der Waals surface area (Å²) in [5.74, 6) is 0.679. The van der Waals surface area contributed by atoms with E-state index in [-0.39, 0.29) is 42.3 Å². The lowest BCUT2D eigenvalue weighted by Crippen LogP contribution is -2.45. The average Bonchev–Trinajstić information content (AvgIpc) is 3.30. The molecule has 10 nitrogen and oxygen atoms in total. The Bertz CT molecular complexity index is 736. The lowest BCUT2D eigenvalue weighted by molar-refractivity contribution is -0.121. The molecule has 1 saturated heterocycles. The first-order valence-electron chi connectivity index (χ1n) is 10.4. The predicted octanol–water partition coefficient (Wildman–Crippen LogP) is 1.03. The van der Waals surface area contributed by atoms with Crippen LogP contribution in [0.15, 0.2) is 12.4 Å². The van der Waals surface area contributed by atoms with Crippen LogP contribution in [0.2, 0.25) is 0 Å². The Hall–Kier alpha value is -2.46. The van der Waals surface area contributed by atoms with E-state index in [4.69, 9.17) is 9.47 Å². The largest absolute Gasteiger partial charge is 0.480 e. The summed E-state index contributed by atoms with van der Waals surface area (Å²) in [5.41, 5.74) is 6.70. The van der Waals surface area contributed by atoms with Crippen molar-refractivity contribution in [3.05, 3.63) is 18.1 Å². The second-order valence-corrected chi connectivity index (χ2v) is 8.95. The molecule has 1 aromatic heterocycles. The molecule has 0 aromatic carbocycles. The van der Waals surface area contributed by atoms with Crippen LogP contribution in [0.1, 0.15) is 52.1 Å². The summed E-state index contributed by atoms with van der Waals surface area (Å²) in [6, 6.07) is 0.218. The van der Waals surface area contributed by atoms with Crippen molar-refractivity contribution in [2.75, 3.05) is 7.11 Å². The minimum absolute atomic E-state index is 0.0681. The number of aromatic nitrogens is 2. The van der Waals surface area contributed by atoms with Gasteiger partial charge in [0.1, 0.15) is 6.10 Å². The molecule has 0 bridgehead atoms. The number of carbonyl (C=O) groups is 2. The zero-order valence-electron chi connectivity index (χ0n) is 18.0. The fraction of sp³-hybridized carbons (Fsp3) is 0.700. The Kier molecular flexibility index (Phi) is 7.09. The molecule has 4 atom stereocenters. The number of ether oxygens (including phenoxy) is 2. The van der Waals surface area contributed by atoms with E-state index in [1.807, 2.05) is 20.8 Å². The molecule has 1 saturated carbocycles. The van der Waals surface area contributed by atoms with Crippen LogP contribution < -0.4 is 26.2 Å². The van der Waals surface area contributed by atoms with Crippen molar-refractivity contribution in [2.24, 2.45) is 5.92 Å². The molecular formula is C20H32N6O4. The van der Waals surface area contributed by atoms with E-state index in [1.165, 1.54) is 19.5 Å². The molecule has 2 heterocycles. The first-order chi connectivity index (χ1) is 14.2. The fourth-order valence-electron chi connectivity index (χ4n) is 3.87. The Balaban J connectivity index is 1.39. The standard InChI is InChI=1S/C20H32N6O4/c1-20(2,3)24-19(28)30-14-6-5-12(7-14)15-9-16(26-25-15)23-17(27)8-13-10-22-18(29-4)11-21-13/h10-12,14-16,25-26H,5-9H2,1-4H3,(H,23,27)(H,24,28)/t12-,14+,15?,16?/m0/s1. The van der Waals surface area contributed by atoms with Gasteiger partial charge in [0, 0.05) is 11.6 Å². The molecule has 30 heavy (non-hydrogen) atoms. The Morgan fingerprint density at radius 2 is 1.97 bits per heavy atom. The average molecular weight is 421 g/mol. The van der Waals surface area contributed by atoms with Crippen molar-refractivity contribution in [3.8, 4) is 5.88 Å². The number of nitrogens with zero attached hydrogens (tertiary/aromatic N) is 2. The fourth-order valence-corrected chi connectivity index (χ4v) is 3.87. The third-order valence-electron chi connectivity index (χ3n) is 5.25. The number of methoxy groups -OCH3 is 1. The van der Waals surface area contributed by atoms with E-state index in [0.29, 0.717) is 17.5 Å². The van der Waals surface area contributed by atoms with Gasteiger partial charge in [-0.2, -0.15) is 0 Å². The zero-order chi connectivity index (χ0) is 21.7. The lowest BCUT2D eigenvalue weighted by atomic mass is 9.96. The van der Waals surface area contributed by atoms with Gasteiger partial charge in [-0.3, -0.25) is 15.2 Å². The van der Waals surface area contributed by atoms with Crippen molar-refractivity contribution in [3.63, 3.8) is 0 Å². The molecule has 1 aromatic rings. The number of alkyl carbamates (subject to hydrolysis) is 1. The molecule has 4 N–H and O–H groups in total. The Morgan fingerprint density at radius 1 is 1.17 bits per heavy atom. The smallest absolute Gasteiger partial charge is 0.407 e. The van der Waals surface area contributed by atoms with Gasteiger partial charge in [0.05, 0.1) is 37.8 Å². The third-order valence-corrected chi connectivity index (χ3v) is 5.25. The highest BCUT2D eigenvalue weighted by Gasteiger charge is 2.37. The minimum Gasteiger partial charge on any atom is -0.480 e. The second-order valence-electron chi connectivity index (χ2n) is 8.95. The maximum atomic E-state index is 12.3. The Labute approximate surface area is 176 Å². The lowest BCUT2D eigenvalue weighted by Gasteiger charge is -2.22. The number of hydrogen-bond donors (Lipinski definition) is 4. The van der Waals surface area contributed by atoms with Gasteiger partial charge in [0.2, 0.25) is 11.8 Å². The van der Waals surface area contributed by atoms with Crippen LogP contribution in [0.5, 0.6) is 5.88 Å². The maximum absolute atomic E-state index is 12.3. The van der Waals surface area contributed by atoms with E-state index in [1.54, 1.807) is 0 Å². The summed E-state index contributed by atoms with van der Waals surface area (Å²) in [5, 5.41) is 5.80. The summed E-state index contributed by atoms with van der Waals surface area (Å²) in [7, 11) is 1.52. The van der Waals surface area contributed by atoms with Crippen LogP contribution in [-0.2, 0) is 16.0 Å². The van der Waals surface area contributed by atoms with E-state index >= 15 is 0 Å². The molecule has 2 aliphatic rings. The number of rotatable bonds is 6. The number of amides is 2. The molecule has 0 radical (unpaired) electrons. The topological polar surface area (TPSA) is 127 Å². The normalized spacial score (nSPS) is 26.3. The highest BCUT2D eigenvalue weighted by molar-refractivity contribution is 5.78. The van der Waals surface area contributed by atoms with Crippen LogP contribution in [0.25, 0.3) is 0 Å². The van der Waals surface area contributed by atoms with Gasteiger partial charge in [-0.15, -0.1) is 0 Å². The first-order valence-corrected chi connectivity index (χ1v) is 10.4. The summed E-state index contributed by atoms with van der Waals surface area (Å²) in [6.45, 7) is 5.78. The van der Waals surface area contributed by atoms with Crippen LogP contribution in [-0.4, -0.2) is 52.9 Å². The zero-order valence-corrected chi connectivity index (χ0v) is 18.0. The molecule has 1 aliphatic carbocycles. The number of hydrazine groups is 1. The highest BCUT2D eigenvalue weighted by Crippen LogP contribution is 2.33. The van der Waals surface area contributed by atoms with E-state index in [9.17, 15) is 9.59 Å². The quantitative estimate of drug-likeness (QED) is 0.538. The predicted molar refractivity (Wildman–Crippen MR) is 109 cm³/mol. The third kappa shape index (κ3) is 6.53.